The molecule has 1 aliphatic carbocycles. The quantitative estimate of drug-likeness (QED) is 0.865. The van der Waals surface area contributed by atoms with E-state index in [9.17, 15) is 8.42 Å². The fourth-order valence-electron chi connectivity index (χ4n) is 2.91. The van der Waals surface area contributed by atoms with Crippen molar-refractivity contribution in [1.29, 1.82) is 0 Å². The Hall–Kier alpha value is -2.08. The minimum Gasteiger partial charge on any atom is -0.485 e. The number of nitrogens with zero attached hydrogens (tertiary/aromatic N) is 1. The zero-order valence-corrected chi connectivity index (χ0v) is 14.3. The largest absolute Gasteiger partial charge is 0.485 e. The third kappa shape index (κ3) is 4.26. The molecule has 0 amide bonds. The van der Waals surface area contributed by atoms with Crippen molar-refractivity contribution in [2.45, 2.75) is 44.0 Å². The van der Waals surface area contributed by atoms with E-state index in [-0.39, 0.29) is 11.1 Å². The van der Waals surface area contributed by atoms with Gasteiger partial charge in [0.2, 0.25) is 10.0 Å². The second-order valence-electron chi connectivity index (χ2n) is 6.03. The number of pyridine rings is 1. The predicted molar refractivity (Wildman–Crippen MR) is 94.4 cm³/mol. The van der Waals surface area contributed by atoms with E-state index < -0.39 is 10.0 Å². The van der Waals surface area contributed by atoms with Crippen LogP contribution in [0.5, 0.6) is 5.75 Å². The standard InChI is InChI=1S/C18H22N2O3S/c21-24(22,16-10-5-2-6-11-16)20-18-17(12-7-13-19-18)23-14-15-8-3-1-4-9-15/h1,3-4,7-9,12-13,16H,2,5-6,10-11,14H2,(H,19,20). The molecule has 2 aromatic rings. The van der Waals surface area contributed by atoms with Gasteiger partial charge in [0, 0.05) is 6.20 Å². The third-order valence-corrected chi connectivity index (χ3v) is 6.06. The molecule has 0 radical (unpaired) electrons. The molecule has 1 heterocycles. The molecule has 0 unspecified atom stereocenters. The molecular weight excluding hydrogens is 324 g/mol. The molecule has 1 aromatic heterocycles. The Morgan fingerprint density at radius 1 is 1.04 bits per heavy atom. The van der Waals surface area contributed by atoms with E-state index in [0.717, 1.165) is 24.8 Å². The van der Waals surface area contributed by atoms with Crippen LogP contribution in [0, 0.1) is 0 Å². The predicted octanol–water partition coefficient (Wildman–Crippen LogP) is 3.74. The molecule has 1 aliphatic rings. The summed E-state index contributed by atoms with van der Waals surface area (Å²) in [5, 5.41) is -0.338. The van der Waals surface area contributed by atoms with Crippen LogP contribution in [0.15, 0.2) is 48.7 Å². The number of anilines is 1. The van der Waals surface area contributed by atoms with Gasteiger partial charge in [0.05, 0.1) is 5.25 Å². The van der Waals surface area contributed by atoms with Crippen LogP contribution in [0.4, 0.5) is 5.82 Å². The lowest BCUT2D eigenvalue weighted by Gasteiger charge is -2.22. The van der Waals surface area contributed by atoms with Crippen molar-refractivity contribution in [2.24, 2.45) is 0 Å². The minimum atomic E-state index is -3.43. The van der Waals surface area contributed by atoms with Gasteiger partial charge in [-0.15, -0.1) is 0 Å². The van der Waals surface area contributed by atoms with Crippen LogP contribution in [0.25, 0.3) is 0 Å². The molecule has 6 heteroatoms. The lowest BCUT2D eigenvalue weighted by Crippen LogP contribution is -2.30. The van der Waals surface area contributed by atoms with E-state index in [4.69, 9.17) is 4.74 Å². The summed E-state index contributed by atoms with van der Waals surface area (Å²) in [5.74, 6) is 0.708. The fraction of sp³-hybridized carbons (Fsp3) is 0.389. The normalized spacial score (nSPS) is 15.8. The van der Waals surface area contributed by atoms with E-state index in [1.165, 1.54) is 0 Å². The average molecular weight is 346 g/mol. The highest BCUT2D eigenvalue weighted by Gasteiger charge is 2.28. The van der Waals surface area contributed by atoms with E-state index >= 15 is 0 Å². The van der Waals surface area contributed by atoms with E-state index in [2.05, 4.69) is 9.71 Å². The number of nitrogens with one attached hydrogen (secondary N) is 1. The van der Waals surface area contributed by atoms with Gasteiger partial charge in [-0.1, -0.05) is 49.6 Å². The van der Waals surface area contributed by atoms with Crippen molar-refractivity contribution < 1.29 is 13.2 Å². The van der Waals surface area contributed by atoms with Gasteiger partial charge in [-0.3, -0.25) is 4.72 Å². The zero-order chi connectivity index (χ0) is 16.8. The Bertz CT molecular complexity index is 757. The number of hydrogen-bond donors (Lipinski definition) is 1. The summed E-state index contributed by atoms with van der Waals surface area (Å²) in [5.41, 5.74) is 1.02. The monoisotopic (exact) mass is 346 g/mol. The minimum absolute atomic E-state index is 0.263. The van der Waals surface area contributed by atoms with E-state index in [1.807, 2.05) is 30.3 Å². The van der Waals surface area contributed by atoms with E-state index in [0.29, 0.717) is 25.2 Å². The molecular formula is C18H22N2O3S. The lowest BCUT2D eigenvalue weighted by atomic mass is 10.0. The highest BCUT2D eigenvalue weighted by molar-refractivity contribution is 7.93. The molecule has 1 saturated carbocycles. The van der Waals surface area contributed by atoms with Gasteiger partial charge in [0.25, 0.3) is 0 Å². The maximum Gasteiger partial charge on any atom is 0.236 e. The van der Waals surface area contributed by atoms with Gasteiger partial charge in [0.15, 0.2) is 11.6 Å². The first kappa shape index (κ1) is 16.8. The SMILES string of the molecule is O=S(=O)(Nc1ncccc1OCc1ccccc1)C1CCCCC1. The van der Waals surface area contributed by atoms with Crippen LogP contribution < -0.4 is 9.46 Å². The summed E-state index contributed by atoms with van der Waals surface area (Å²) < 4.78 is 33.5. The maximum absolute atomic E-state index is 12.6. The Morgan fingerprint density at radius 3 is 2.54 bits per heavy atom. The molecule has 3 rings (SSSR count). The second-order valence-corrected chi connectivity index (χ2v) is 7.99. The summed E-state index contributed by atoms with van der Waals surface area (Å²) >= 11 is 0. The molecule has 0 spiro atoms. The average Bonchev–Trinajstić information content (AvgIpc) is 2.62. The smallest absolute Gasteiger partial charge is 0.236 e. The van der Waals surface area contributed by atoms with Crippen LogP contribution in [-0.2, 0) is 16.6 Å². The van der Waals surface area contributed by atoms with Crippen molar-refractivity contribution >= 4 is 15.8 Å². The lowest BCUT2D eigenvalue weighted by molar-refractivity contribution is 0.307. The van der Waals surface area contributed by atoms with Crippen LogP contribution in [0.1, 0.15) is 37.7 Å². The number of rotatable bonds is 6. The molecule has 0 bridgehead atoms. The summed E-state index contributed by atoms with van der Waals surface area (Å²) in [4.78, 5) is 4.16. The van der Waals surface area contributed by atoms with Crippen LogP contribution >= 0.6 is 0 Å². The Labute approximate surface area is 143 Å². The van der Waals surface area contributed by atoms with Gasteiger partial charge in [0.1, 0.15) is 6.61 Å². The first-order valence-corrected chi connectivity index (χ1v) is 9.83. The number of ether oxygens (including phenoxy) is 1. The summed E-state index contributed by atoms with van der Waals surface area (Å²) in [6, 6.07) is 13.2. The molecule has 1 aromatic carbocycles. The molecule has 1 fully saturated rings. The van der Waals surface area contributed by atoms with E-state index in [1.54, 1.807) is 18.3 Å². The summed E-state index contributed by atoms with van der Waals surface area (Å²) in [7, 11) is -3.43. The molecule has 24 heavy (non-hydrogen) atoms. The fourth-order valence-corrected chi connectivity index (χ4v) is 4.46. The van der Waals surface area contributed by atoms with Crippen molar-refractivity contribution in [3.63, 3.8) is 0 Å². The topological polar surface area (TPSA) is 68.3 Å². The van der Waals surface area contributed by atoms with Crippen molar-refractivity contribution in [2.75, 3.05) is 4.72 Å². The summed E-state index contributed by atoms with van der Waals surface area (Å²) in [6.07, 6.45) is 6.02. The van der Waals surface area contributed by atoms with Crippen LogP contribution in [0.3, 0.4) is 0 Å². The number of sulfonamides is 1. The first-order valence-electron chi connectivity index (χ1n) is 8.28. The molecule has 1 N–H and O–H groups in total. The van der Waals surface area contributed by atoms with Crippen molar-refractivity contribution in [1.82, 2.24) is 4.98 Å². The van der Waals surface area contributed by atoms with Crippen LogP contribution in [0.2, 0.25) is 0 Å². The molecule has 128 valence electrons. The molecule has 5 nitrogen and oxygen atoms in total. The molecule has 0 atom stereocenters. The van der Waals surface area contributed by atoms with Crippen molar-refractivity contribution in [3.05, 3.63) is 54.2 Å². The van der Waals surface area contributed by atoms with Gasteiger partial charge in [-0.2, -0.15) is 0 Å². The highest BCUT2D eigenvalue weighted by Crippen LogP contribution is 2.28. The molecule has 0 aliphatic heterocycles. The second kappa shape index (κ2) is 7.66. The van der Waals surface area contributed by atoms with Gasteiger partial charge >= 0.3 is 0 Å². The number of benzene rings is 1. The number of aromatic nitrogens is 1. The Balaban J connectivity index is 1.71. The Kier molecular flexibility index (Phi) is 5.35. The summed E-state index contributed by atoms with van der Waals surface area (Å²) in [6.45, 7) is 0.366. The van der Waals surface area contributed by atoms with Gasteiger partial charge in [-0.05, 0) is 30.5 Å². The van der Waals surface area contributed by atoms with Crippen LogP contribution in [-0.4, -0.2) is 18.7 Å². The highest BCUT2D eigenvalue weighted by atomic mass is 32.2. The first-order chi connectivity index (χ1) is 11.6. The Morgan fingerprint density at radius 2 is 1.79 bits per heavy atom. The van der Waals surface area contributed by atoms with Gasteiger partial charge in [-0.25, -0.2) is 13.4 Å². The van der Waals surface area contributed by atoms with Crippen molar-refractivity contribution in [3.8, 4) is 5.75 Å². The number of hydrogen-bond acceptors (Lipinski definition) is 4. The molecule has 0 saturated heterocycles. The zero-order valence-electron chi connectivity index (χ0n) is 13.5. The maximum atomic E-state index is 12.6. The van der Waals surface area contributed by atoms with Gasteiger partial charge < -0.3 is 4.74 Å². The third-order valence-electron chi connectivity index (χ3n) is 4.24.